The van der Waals surface area contributed by atoms with Crippen molar-refractivity contribution in [1.29, 1.82) is 0 Å². The van der Waals surface area contributed by atoms with Crippen LogP contribution < -0.4 is 10.1 Å². The SMILES string of the molecule is CCN1CCC(n2nccc2NC(=O)COc2ccc3oc4c(c3c2)CCCC4)CC1. The van der Waals surface area contributed by atoms with Gasteiger partial charge in [-0.1, -0.05) is 6.92 Å². The summed E-state index contributed by atoms with van der Waals surface area (Å²) in [6.07, 6.45) is 8.28. The Balaban J connectivity index is 1.21. The van der Waals surface area contributed by atoms with E-state index in [4.69, 9.17) is 9.15 Å². The number of carbonyl (C=O) groups excluding carboxylic acids is 1. The highest BCUT2D eigenvalue weighted by atomic mass is 16.5. The predicted molar refractivity (Wildman–Crippen MR) is 120 cm³/mol. The molecule has 0 saturated carbocycles. The highest BCUT2D eigenvalue weighted by molar-refractivity contribution is 5.91. The van der Waals surface area contributed by atoms with Crippen molar-refractivity contribution < 1.29 is 13.9 Å². The van der Waals surface area contributed by atoms with Crippen molar-refractivity contribution in [3.63, 3.8) is 0 Å². The molecule has 3 heterocycles. The number of rotatable bonds is 6. The van der Waals surface area contributed by atoms with Crippen LogP contribution in [0.1, 0.15) is 50.0 Å². The summed E-state index contributed by atoms with van der Waals surface area (Å²) >= 11 is 0. The third kappa shape index (κ3) is 4.19. The molecule has 1 fully saturated rings. The number of nitrogens with zero attached hydrogens (tertiary/aromatic N) is 3. The number of likely N-dealkylation sites (tertiary alicyclic amines) is 1. The van der Waals surface area contributed by atoms with Gasteiger partial charge in [-0.3, -0.25) is 4.79 Å². The average molecular weight is 423 g/mol. The predicted octanol–water partition coefficient (Wildman–Crippen LogP) is 4.18. The molecule has 7 nitrogen and oxygen atoms in total. The Morgan fingerprint density at radius 2 is 2.06 bits per heavy atom. The number of aromatic nitrogens is 2. The van der Waals surface area contributed by atoms with Gasteiger partial charge in [0, 0.05) is 36.5 Å². The lowest BCUT2D eigenvalue weighted by Crippen LogP contribution is -2.35. The zero-order valence-corrected chi connectivity index (χ0v) is 18.1. The van der Waals surface area contributed by atoms with Crippen molar-refractivity contribution in [2.24, 2.45) is 0 Å². The molecule has 0 spiro atoms. The largest absolute Gasteiger partial charge is 0.484 e. The molecule has 7 heteroatoms. The summed E-state index contributed by atoms with van der Waals surface area (Å²) in [4.78, 5) is 15.0. The highest BCUT2D eigenvalue weighted by Crippen LogP contribution is 2.34. The van der Waals surface area contributed by atoms with E-state index >= 15 is 0 Å². The first-order valence-corrected chi connectivity index (χ1v) is 11.4. The van der Waals surface area contributed by atoms with E-state index in [1.807, 2.05) is 28.9 Å². The topological polar surface area (TPSA) is 72.5 Å². The summed E-state index contributed by atoms with van der Waals surface area (Å²) in [5.41, 5.74) is 2.20. The minimum absolute atomic E-state index is 0.0367. The number of furan rings is 1. The van der Waals surface area contributed by atoms with Gasteiger partial charge in [-0.05, 0) is 56.8 Å². The molecular formula is C24H30N4O3. The van der Waals surface area contributed by atoms with E-state index in [2.05, 4.69) is 22.2 Å². The molecule has 1 aliphatic heterocycles. The minimum atomic E-state index is -0.179. The van der Waals surface area contributed by atoms with Crippen LogP contribution in [0.25, 0.3) is 11.0 Å². The van der Waals surface area contributed by atoms with Crippen molar-refractivity contribution in [2.75, 3.05) is 31.6 Å². The minimum Gasteiger partial charge on any atom is -0.484 e. The van der Waals surface area contributed by atoms with Crippen LogP contribution in [-0.2, 0) is 17.6 Å². The first-order valence-electron chi connectivity index (χ1n) is 11.4. The molecule has 0 bridgehead atoms. The lowest BCUT2D eigenvalue weighted by molar-refractivity contribution is -0.118. The second-order valence-electron chi connectivity index (χ2n) is 8.53. The Bertz CT molecular complexity index is 1060. The second-order valence-corrected chi connectivity index (χ2v) is 8.53. The number of anilines is 1. The summed E-state index contributed by atoms with van der Waals surface area (Å²) in [6.45, 7) is 5.37. The molecule has 0 unspecified atom stereocenters. The van der Waals surface area contributed by atoms with Crippen LogP contribution >= 0.6 is 0 Å². The van der Waals surface area contributed by atoms with Gasteiger partial charge < -0.3 is 19.4 Å². The molecule has 2 aliphatic rings. The molecule has 5 rings (SSSR count). The zero-order valence-electron chi connectivity index (χ0n) is 18.1. The first-order chi connectivity index (χ1) is 15.2. The number of fused-ring (bicyclic) bond motifs is 3. The lowest BCUT2D eigenvalue weighted by Gasteiger charge is -2.31. The third-order valence-corrected chi connectivity index (χ3v) is 6.58. The maximum Gasteiger partial charge on any atom is 0.263 e. The van der Waals surface area contributed by atoms with Gasteiger partial charge in [0.15, 0.2) is 6.61 Å². The van der Waals surface area contributed by atoms with E-state index in [0.29, 0.717) is 11.8 Å². The third-order valence-electron chi connectivity index (χ3n) is 6.58. The van der Waals surface area contributed by atoms with E-state index in [0.717, 1.165) is 67.9 Å². The van der Waals surface area contributed by atoms with Crippen LogP contribution in [0.5, 0.6) is 5.75 Å². The molecule has 31 heavy (non-hydrogen) atoms. The summed E-state index contributed by atoms with van der Waals surface area (Å²) in [5, 5.41) is 8.55. The molecule has 0 radical (unpaired) electrons. The Morgan fingerprint density at radius 1 is 1.23 bits per heavy atom. The standard InChI is InChI=1S/C24H30N4O3/c1-2-27-13-10-17(11-14-27)28-23(9-12-25-28)26-24(29)16-30-18-7-8-22-20(15-18)19-5-3-4-6-21(19)31-22/h7-9,12,15,17H,2-6,10-11,13-14,16H2,1H3,(H,26,29). The molecular weight excluding hydrogens is 392 g/mol. The van der Waals surface area contributed by atoms with Gasteiger partial charge in [0.25, 0.3) is 5.91 Å². The average Bonchev–Trinajstić information content (AvgIpc) is 3.42. The second kappa shape index (κ2) is 8.75. The van der Waals surface area contributed by atoms with Gasteiger partial charge in [0.1, 0.15) is 22.9 Å². The maximum absolute atomic E-state index is 12.6. The maximum atomic E-state index is 12.6. The van der Waals surface area contributed by atoms with Gasteiger partial charge in [-0.2, -0.15) is 5.10 Å². The Morgan fingerprint density at radius 3 is 2.90 bits per heavy atom. The van der Waals surface area contributed by atoms with Crippen LogP contribution in [-0.4, -0.2) is 46.8 Å². The zero-order chi connectivity index (χ0) is 21.2. The van der Waals surface area contributed by atoms with Gasteiger partial charge in [-0.15, -0.1) is 0 Å². The number of piperidine rings is 1. The lowest BCUT2D eigenvalue weighted by atomic mass is 9.96. The monoisotopic (exact) mass is 422 g/mol. The van der Waals surface area contributed by atoms with Crippen molar-refractivity contribution in [3.8, 4) is 5.75 Å². The van der Waals surface area contributed by atoms with Gasteiger partial charge in [0.05, 0.1) is 12.2 Å². The molecule has 1 amide bonds. The van der Waals surface area contributed by atoms with Crippen LogP contribution in [0.15, 0.2) is 34.9 Å². The smallest absolute Gasteiger partial charge is 0.263 e. The molecule has 1 aromatic carbocycles. The molecule has 3 aromatic rings. The normalized spacial score (nSPS) is 17.6. The van der Waals surface area contributed by atoms with E-state index in [-0.39, 0.29) is 12.5 Å². The van der Waals surface area contributed by atoms with Crippen LogP contribution in [0.2, 0.25) is 0 Å². The fourth-order valence-corrected chi connectivity index (χ4v) is 4.84. The van der Waals surface area contributed by atoms with Crippen LogP contribution in [0.4, 0.5) is 5.82 Å². The molecule has 2 aromatic heterocycles. The number of benzene rings is 1. The Labute approximate surface area is 182 Å². The number of ether oxygens (including phenoxy) is 1. The summed E-state index contributed by atoms with van der Waals surface area (Å²) in [7, 11) is 0. The molecule has 1 aliphatic carbocycles. The van der Waals surface area contributed by atoms with Gasteiger partial charge >= 0.3 is 0 Å². The van der Waals surface area contributed by atoms with Crippen LogP contribution in [0, 0.1) is 0 Å². The number of amides is 1. The molecule has 164 valence electrons. The summed E-state index contributed by atoms with van der Waals surface area (Å²) in [5.74, 6) is 2.36. The number of nitrogens with one attached hydrogen (secondary N) is 1. The summed E-state index contributed by atoms with van der Waals surface area (Å²) in [6, 6.07) is 7.99. The highest BCUT2D eigenvalue weighted by Gasteiger charge is 2.22. The van der Waals surface area contributed by atoms with E-state index in [1.165, 1.54) is 18.4 Å². The molecule has 0 atom stereocenters. The fourth-order valence-electron chi connectivity index (χ4n) is 4.84. The Hall–Kier alpha value is -2.80. The number of aryl methyl sites for hydroxylation is 2. The van der Waals surface area contributed by atoms with Gasteiger partial charge in [-0.25, -0.2) is 4.68 Å². The quantitative estimate of drug-likeness (QED) is 0.645. The van der Waals surface area contributed by atoms with E-state index in [9.17, 15) is 4.79 Å². The van der Waals surface area contributed by atoms with Crippen molar-refractivity contribution in [3.05, 3.63) is 41.8 Å². The van der Waals surface area contributed by atoms with E-state index < -0.39 is 0 Å². The number of hydrogen-bond acceptors (Lipinski definition) is 5. The number of carbonyl (C=O) groups is 1. The Kier molecular flexibility index (Phi) is 5.68. The molecule has 1 N–H and O–H groups in total. The summed E-state index contributed by atoms with van der Waals surface area (Å²) < 4.78 is 13.7. The first kappa shape index (κ1) is 20.1. The number of hydrogen-bond donors (Lipinski definition) is 1. The fraction of sp³-hybridized carbons (Fsp3) is 0.500. The van der Waals surface area contributed by atoms with Crippen molar-refractivity contribution in [1.82, 2.24) is 14.7 Å². The van der Waals surface area contributed by atoms with Crippen LogP contribution in [0.3, 0.4) is 0 Å². The van der Waals surface area contributed by atoms with Crippen molar-refractivity contribution >= 4 is 22.7 Å². The molecule has 1 saturated heterocycles. The van der Waals surface area contributed by atoms with Crippen molar-refractivity contribution in [2.45, 2.75) is 51.5 Å². The van der Waals surface area contributed by atoms with Gasteiger partial charge in [0.2, 0.25) is 0 Å². The van der Waals surface area contributed by atoms with E-state index in [1.54, 1.807) is 6.20 Å².